The highest BCUT2D eigenvalue weighted by atomic mass is 16.2. The van der Waals surface area contributed by atoms with Crippen LogP contribution in [-0.4, -0.2) is 157 Å². The Morgan fingerprint density at radius 3 is 1.21 bits per heavy atom. The summed E-state index contributed by atoms with van der Waals surface area (Å²) in [6, 6.07) is 14.4. The molecule has 84 heavy (non-hydrogen) atoms. The average molecular weight is 1160 g/mol. The van der Waals surface area contributed by atoms with E-state index in [4.69, 9.17) is 0 Å². The van der Waals surface area contributed by atoms with Crippen molar-refractivity contribution >= 4 is 59.1 Å². The van der Waals surface area contributed by atoms with E-state index >= 15 is 0 Å². The van der Waals surface area contributed by atoms with Crippen LogP contribution in [0.3, 0.4) is 0 Å². The molecule has 2 aliphatic carbocycles. The third kappa shape index (κ3) is 15.9. The molecule has 22 heteroatoms. The maximum absolute atomic E-state index is 14.5. The van der Waals surface area contributed by atoms with E-state index in [0.29, 0.717) is 0 Å². The maximum Gasteiger partial charge on any atom is 0.251 e. The van der Waals surface area contributed by atoms with Gasteiger partial charge in [0.05, 0.1) is 37.3 Å². The van der Waals surface area contributed by atoms with Crippen molar-refractivity contribution in [1.82, 2.24) is 63.0 Å². The fourth-order valence-corrected chi connectivity index (χ4v) is 11.5. The second-order valence-corrected chi connectivity index (χ2v) is 24.9. The van der Waals surface area contributed by atoms with Crippen LogP contribution in [0.4, 0.5) is 0 Å². The molecule has 0 spiro atoms. The van der Waals surface area contributed by atoms with Gasteiger partial charge in [0.15, 0.2) is 0 Å². The zero-order chi connectivity index (χ0) is 61.2. The summed E-state index contributed by atoms with van der Waals surface area (Å²) in [6.07, 6.45) is 5.14. The highest BCUT2D eigenvalue weighted by Crippen LogP contribution is 2.34. The molecule has 3 aromatic carbocycles. The van der Waals surface area contributed by atoms with Crippen molar-refractivity contribution in [2.75, 3.05) is 40.3 Å². The van der Waals surface area contributed by atoms with Gasteiger partial charge in [0.25, 0.3) is 11.8 Å². The predicted octanol–water partition coefficient (Wildman–Crippen LogP) is 1.98. The van der Waals surface area contributed by atoms with Crippen molar-refractivity contribution in [1.29, 1.82) is 0 Å². The highest BCUT2D eigenvalue weighted by Gasteiger charge is 2.48. The lowest BCUT2D eigenvalue weighted by atomic mass is 9.85. The van der Waals surface area contributed by atoms with Gasteiger partial charge in [-0.3, -0.25) is 47.9 Å². The number of fused-ring (bicyclic) bond motifs is 2. The van der Waals surface area contributed by atoms with Gasteiger partial charge >= 0.3 is 0 Å². The second kappa shape index (κ2) is 27.8. The van der Waals surface area contributed by atoms with E-state index in [1.165, 1.54) is 34.1 Å². The molecule has 0 saturated carbocycles. The Morgan fingerprint density at radius 2 is 0.869 bits per heavy atom. The van der Waals surface area contributed by atoms with Gasteiger partial charge in [-0.05, 0) is 137 Å². The van der Waals surface area contributed by atoms with Crippen LogP contribution in [-0.2, 0) is 51.2 Å². The van der Waals surface area contributed by atoms with Crippen molar-refractivity contribution in [2.45, 2.75) is 167 Å². The summed E-state index contributed by atoms with van der Waals surface area (Å²) in [5.41, 5.74) is 3.10. The van der Waals surface area contributed by atoms with Gasteiger partial charge in [-0.2, -0.15) is 0 Å². The number of carbonyl (C=O) groups is 10. The number of carbonyl (C=O) groups excluding carboxylic acids is 10. The van der Waals surface area contributed by atoms with E-state index in [2.05, 4.69) is 53.2 Å². The van der Waals surface area contributed by atoms with Crippen LogP contribution in [0.25, 0.3) is 0 Å². The molecule has 4 aliphatic rings. The lowest BCUT2D eigenvalue weighted by Gasteiger charge is -2.36. The number of aryl methyl sites for hydroxylation is 2. The van der Waals surface area contributed by atoms with E-state index in [0.717, 1.165) is 60.8 Å². The molecule has 10 N–H and O–H groups in total. The molecule has 2 aliphatic heterocycles. The molecule has 0 radical (unpaired) electrons. The number of hydrogen-bond donors (Lipinski definition) is 10. The fraction of sp³-hybridized carbons (Fsp3) is 0.548. The molecule has 10 amide bonds. The lowest BCUT2D eigenvalue weighted by Crippen LogP contribution is -2.59. The van der Waals surface area contributed by atoms with Crippen LogP contribution >= 0.6 is 0 Å². The first-order valence-corrected chi connectivity index (χ1v) is 29.4. The van der Waals surface area contributed by atoms with E-state index < -0.39 is 108 Å². The minimum Gasteiger partial charge on any atom is -0.350 e. The third-order valence-corrected chi connectivity index (χ3v) is 16.6. The van der Waals surface area contributed by atoms with Crippen molar-refractivity contribution in [3.63, 3.8) is 0 Å². The summed E-state index contributed by atoms with van der Waals surface area (Å²) < 4.78 is 0. The van der Waals surface area contributed by atoms with Crippen LogP contribution in [0, 0.1) is 10.8 Å². The quantitative estimate of drug-likeness (QED) is 0.0778. The molecule has 0 bridgehead atoms. The van der Waals surface area contributed by atoms with Crippen LogP contribution in [0.1, 0.15) is 149 Å². The number of nitrogens with one attached hydrogen (secondary N) is 10. The lowest BCUT2D eigenvalue weighted by molar-refractivity contribution is -0.144. The van der Waals surface area contributed by atoms with E-state index in [9.17, 15) is 47.9 Å². The van der Waals surface area contributed by atoms with E-state index in [-0.39, 0.29) is 72.8 Å². The normalized spacial score (nSPS) is 21.6. The fourth-order valence-electron chi connectivity index (χ4n) is 11.5. The largest absolute Gasteiger partial charge is 0.350 e. The molecule has 2 heterocycles. The van der Waals surface area contributed by atoms with Crippen LogP contribution in [0.15, 0.2) is 72.8 Å². The average Bonchev–Trinajstić information content (AvgIpc) is 2.94. The molecule has 10 atom stereocenters. The molecule has 454 valence electrons. The SMILES string of the molecule is CN[C@@H](C)C(=O)N[C@H](C(=O)N1C[C@@H](NC(=O)CNC(=O)c2ccc(C(=O)NCC(=O)N[C@H]3C[C@@H](C(=O)N[C@@H]4CCCc5ccccc54)N(C(=O)[C@@H](NC(=O)[C@H](C)NC)C(C)(C)C)C3)cc2)C[C@H]1C(=O)N[C@@H]1CCCc2ccccc21)C(C)(C)C. The Kier molecular flexibility index (Phi) is 21.1. The van der Waals surface area contributed by atoms with E-state index in [1.807, 2.05) is 90.1 Å². The first-order valence-electron chi connectivity index (χ1n) is 29.4. The Balaban J connectivity index is 0.938. The standard InChI is InChI=1S/C62H86N12O10/c1-35(63-9)53(77)71-51(61(3,4)5)59(83)73-33-41(29-47(73)57(81)69-45-23-15-19-37-17-11-13-21-43(37)45)67-49(75)31-65-55(79)39-25-27-40(28-26-39)56(80)66-32-50(76)68-42-30-48(58(82)70-46-24-16-20-38-18-12-14-22-44(38)46)74(34-42)60(84)52(62(6,7)8)72-54(78)36(2)64-10/h11-14,17-18,21-22,25-28,35-36,41-42,45-48,51-52,63-64H,15-16,19-20,23-24,29-34H2,1-10H3,(H,65,79)(H,66,80)(H,67,75)(H,68,76)(H,69,81)(H,70,82)(H,71,77)(H,72,78)/t35-,36-,41-,42-,45+,46+,47-,48-,51+,52+/m0/s1. The molecule has 2 fully saturated rings. The summed E-state index contributed by atoms with van der Waals surface area (Å²) in [5.74, 6) is -4.84. The molecule has 0 unspecified atom stereocenters. The Bertz CT molecular complexity index is 2740. The minimum atomic E-state index is -1.00. The molecule has 3 aromatic rings. The van der Waals surface area contributed by atoms with Gasteiger partial charge < -0.3 is 63.0 Å². The molecule has 0 aromatic heterocycles. The number of hydrogen-bond acceptors (Lipinski definition) is 12. The summed E-state index contributed by atoms with van der Waals surface area (Å²) in [4.78, 5) is 140. The first-order chi connectivity index (χ1) is 39.8. The van der Waals surface area contributed by atoms with Crippen LogP contribution in [0.2, 0.25) is 0 Å². The van der Waals surface area contributed by atoms with Crippen LogP contribution in [0.5, 0.6) is 0 Å². The Labute approximate surface area is 492 Å². The summed E-state index contributed by atoms with van der Waals surface area (Å²) >= 11 is 0. The summed E-state index contributed by atoms with van der Waals surface area (Å²) in [6.45, 7) is 13.3. The second-order valence-electron chi connectivity index (χ2n) is 24.9. The Hall–Kier alpha value is -7.72. The van der Waals surface area contributed by atoms with Crippen molar-refractivity contribution in [3.05, 3.63) is 106 Å². The summed E-state index contributed by atoms with van der Waals surface area (Å²) in [5, 5.41) is 28.8. The van der Waals surface area contributed by atoms with E-state index in [1.54, 1.807) is 27.9 Å². The predicted molar refractivity (Wildman–Crippen MR) is 316 cm³/mol. The van der Waals surface area contributed by atoms with Crippen molar-refractivity contribution in [2.24, 2.45) is 10.8 Å². The number of rotatable bonds is 20. The number of likely N-dealkylation sites (N-methyl/N-ethyl adjacent to an activating group) is 2. The molecular weight excluding hydrogens is 1070 g/mol. The molecule has 7 rings (SSSR count). The first kappa shape index (κ1) is 63.9. The number of nitrogens with zero attached hydrogens (tertiary/aromatic N) is 2. The van der Waals surface area contributed by atoms with Crippen LogP contribution < -0.4 is 53.2 Å². The van der Waals surface area contributed by atoms with Crippen molar-refractivity contribution < 1.29 is 47.9 Å². The van der Waals surface area contributed by atoms with Gasteiger partial charge in [0.1, 0.15) is 24.2 Å². The minimum absolute atomic E-state index is 0.0277. The topological polar surface area (TPSA) is 297 Å². The number of amides is 10. The number of benzene rings is 3. The third-order valence-electron chi connectivity index (χ3n) is 16.6. The Morgan fingerprint density at radius 1 is 0.512 bits per heavy atom. The summed E-state index contributed by atoms with van der Waals surface area (Å²) in [7, 11) is 3.27. The monoisotopic (exact) mass is 1160 g/mol. The maximum atomic E-state index is 14.5. The molecule has 22 nitrogen and oxygen atoms in total. The van der Waals surface area contributed by atoms with Gasteiger partial charge in [-0.1, -0.05) is 90.1 Å². The van der Waals surface area contributed by atoms with Gasteiger partial charge in [-0.15, -0.1) is 0 Å². The zero-order valence-corrected chi connectivity index (χ0v) is 50.2. The molecule has 2 saturated heterocycles. The van der Waals surface area contributed by atoms with Gasteiger partial charge in [0, 0.05) is 36.3 Å². The smallest absolute Gasteiger partial charge is 0.251 e. The van der Waals surface area contributed by atoms with Gasteiger partial charge in [0.2, 0.25) is 47.3 Å². The zero-order valence-electron chi connectivity index (χ0n) is 50.2. The van der Waals surface area contributed by atoms with Crippen molar-refractivity contribution in [3.8, 4) is 0 Å². The highest BCUT2D eigenvalue weighted by molar-refractivity contribution is 6.00. The number of likely N-dealkylation sites (tertiary alicyclic amines) is 2. The molecular formula is C62H86N12O10. The van der Waals surface area contributed by atoms with Gasteiger partial charge in [-0.25, -0.2) is 0 Å².